The minimum absolute atomic E-state index is 0.361. The van der Waals surface area contributed by atoms with Gasteiger partial charge in [0.1, 0.15) is 11.9 Å². The maximum Gasteiger partial charge on any atom is 0.218 e. The van der Waals surface area contributed by atoms with Crippen molar-refractivity contribution in [2.24, 2.45) is 0 Å². The van der Waals surface area contributed by atoms with Crippen LogP contribution in [0.3, 0.4) is 0 Å². The molecule has 0 bridgehead atoms. The predicted molar refractivity (Wildman–Crippen MR) is 70.7 cm³/mol. The van der Waals surface area contributed by atoms with Crippen LogP contribution in [0.5, 0.6) is 0 Å². The first-order chi connectivity index (χ1) is 9.28. The lowest BCUT2D eigenvalue weighted by Crippen LogP contribution is -2.16. The minimum Gasteiger partial charge on any atom is -0.310 e. The van der Waals surface area contributed by atoms with Crippen LogP contribution >= 0.6 is 0 Å². The van der Waals surface area contributed by atoms with E-state index in [4.69, 9.17) is 5.26 Å². The Labute approximate surface area is 111 Å². The van der Waals surface area contributed by atoms with Gasteiger partial charge in [0.2, 0.25) is 5.82 Å². The molecule has 1 fully saturated rings. The molecule has 0 spiro atoms. The Balaban J connectivity index is 1.84. The Morgan fingerprint density at radius 2 is 2.32 bits per heavy atom. The number of hydrogen-bond acceptors (Lipinski definition) is 4. The summed E-state index contributed by atoms with van der Waals surface area (Å²) in [5, 5.41) is 12.5. The van der Waals surface area contributed by atoms with Crippen molar-refractivity contribution in [3.63, 3.8) is 0 Å². The molecule has 0 saturated heterocycles. The number of aryl methyl sites for hydroxylation is 1. The van der Waals surface area contributed by atoms with E-state index in [0.29, 0.717) is 11.9 Å². The van der Waals surface area contributed by atoms with E-state index in [1.807, 2.05) is 13.1 Å². The molecule has 1 aliphatic carbocycles. The number of imidazole rings is 1. The summed E-state index contributed by atoms with van der Waals surface area (Å²) in [6.07, 6.45) is 7.80. The molecule has 2 aromatic rings. The molecule has 2 heterocycles. The van der Waals surface area contributed by atoms with Crippen LogP contribution in [0.25, 0.3) is 5.82 Å². The van der Waals surface area contributed by atoms with E-state index in [1.165, 1.54) is 18.4 Å². The molecule has 1 N–H and O–H groups in total. The zero-order valence-electron chi connectivity index (χ0n) is 10.8. The number of rotatable bonds is 4. The molecule has 96 valence electrons. The van der Waals surface area contributed by atoms with Gasteiger partial charge in [-0.25, -0.2) is 9.97 Å². The van der Waals surface area contributed by atoms with Crippen LogP contribution in [0.2, 0.25) is 0 Å². The molecule has 3 rings (SSSR count). The predicted octanol–water partition coefficient (Wildman–Crippen LogP) is 1.70. The van der Waals surface area contributed by atoms with Crippen molar-refractivity contribution in [1.29, 1.82) is 5.26 Å². The van der Waals surface area contributed by atoms with Gasteiger partial charge in [0.05, 0.1) is 0 Å². The third-order valence-electron chi connectivity index (χ3n) is 3.25. The van der Waals surface area contributed by atoms with Crippen molar-refractivity contribution in [1.82, 2.24) is 19.9 Å². The van der Waals surface area contributed by atoms with E-state index in [9.17, 15) is 0 Å². The van der Waals surface area contributed by atoms with Gasteiger partial charge >= 0.3 is 0 Å². The van der Waals surface area contributed by atoms with Crippen LogP contribution in [0.1, 0.15) is 29.8 Å². The Morgan fingerprint density at radius 3 is 3.00 bits per heavy atom. The average Bonchev–Trinajstić information content (AvgIpc) is 3.13. The Morgan fingerprint density at radius 1 is 1.47 bits per heavy atom. The highest BCUT2D eigenvalue weighted by Crippen LogP contribution is 2.20. The lowest BCUT2D eigenvalue weighted by molar-refractivity contribution is 0.685. The van der Waals surface area contributed by atoms with Gasteiger partial charge < -0.3 is 5.32 Å². The fourth-order valence-electron chi connectivity index (χ4n) is 2.08. The number of aromatic nitrogens is 3. The second-order valence-corrected chi connectivity index (χ2v) is 4.87. The lowest BCUT2D eigenvalue weighted by atomic mass is 10.2. The highest BCUT2D eigenvalue weighted by Gasteiger charge is 2.20. The fraction of sp³-hybridized carbons (Fsp3) is 0.357. The summed E-state index contributed by atoms with van der Waals surface area (Å²) in [4.78, 5) is 8.45. The molecular formula is C14H15N5. The molecule has 0 radical (unpaired) electrons. The Kier molecular flexibility index (Phi) is 3.02. The minimum atomic E-state index is 0.361. The molecule has 5 nitrogen and oxygen atoms in total. The number of nitrogens with zero attached hydrogens (tertiary/aromatic N) is 4. The largest absolute Gasteiger partial charge is 0.310 e. The van der Waals surface area contributed by atoms with E-state index in [0.717, 1.165) is 17.9 Å². The molecule has 5 heteroatoms. The Hall–Kier alpha value is -2.19. The van der Waals surface area contributed by atoms with Crippen molar-refractivity contribution in [3.05, 3.63) is 41.6 Å². The summed E-state index contributed by atoms with van der Waals surface area (Å²) >= 11 is 0. The highest BCUT2D eigenvalue weighted by molar-refractivity contribution is 5.38. The van der Waals surface area contributed by atoms with Gasteiger partial charge in [-0.1, -0.05) is 0 Å². The summed E-state index contributed by atoms with van der Waals surface area (Å²) in [5.41, 5.74) is 2.22. The number of pyridine rings is 1. The second kappa shape index (κ2) is 4.82. The standard InChI is InChI=1S/C14H15N5/c1-10-6-11(8-17-12-2-3-12)9-18-14(10)19-5-4-16-13(19)7-15/h4-6,9,12,17H,2-3,8H2,1H3. The van der Waals surface area contributed by atoms with Crippen molar-refractivity contribution < 1.29 is 0 Å². The third-order valence-corrected chi connectivity index (χ3v) is 3.25. The summed E-state index contributed by atoms with van der Waals surface area (Å²) < 4.78 is 1.72. The zero-order valence-corrected chi connectivity index (χ0v) is 10.8. The molecule has 1 saturated carbocycles. The van der Waals surface area contributed by atoms with Gasteiger partial charge in [0.15, 0.2) is 0 Å². The molecule has 2 aromatic heterocycles. The fourth-order valence-corrected chi connectivity index (χ4v) is 2.08. The summed E-state index contributed by atoms with van der Waals surface area (Å²) in [6.45, 7) is 2.86. The van der Waals surface area contributed by atoms with Crippen molar-refractivity contribution >= 4 is 0 Å². The highest BCUT2D eigenvalue weighted by atomic mass is 15.1. The summed E-state index contributed by atoms with van der Waals surface area (Å²) in [7, 11) is 0. The van der Waals surface area contributed by atoms with Gasteiger partial charge in [-0.05, 0) is 37.0 Å². The smallest absolute Gasteiger partial charge is 0.218 e. The number of nitrogens with one attached hydrogen (secondary N) is 1. The van der Waals surface area contributed by atoms with E-state index in [1.54, 1.807) is 17.0 Å². The van der Waals surface area contributed by atoms with E-state index >= 15 is 0 Å². The molecule has 0 aromatic carbocycles. The van der Waals surface area contributed by atoms with E-state index < -0.39 is 0 Å². The first kappa shape index (κ1) is 11.9. The summed E-state index contributed by atoms with van der Waals surface area (Å²) in [6, 6.07) is 4.87. The third kappa shape index (κ3) is 2.49. The number of hydrogen-bond donors (Lipinski definition) is 1. The van der Waals surface area contributed by atoms with Gasteiger partial charge in [0, 0.05) is 31.2 Å². The van der Waals surface area contributed by atoms with E-state index in [2.05, 4.69) is 27.4 Å². The maximum atomic E-state index is 9.00. The first-order valence-corrected chi connectivity index (χ1v) is 6.40. The average molecular weight is 253 g/mol. The topological polar surface area (TPSA) is 66.5 Å². The molecule has 19 heavy (non-hydrogen) atoms. The maximum absolute atomic E-state index is 9.00. The molecule has 0 unspecified atom stereocenters. The molecule has 1 aliphatic rings. The monoisotopic (exact) mass is 253 g/mol. The van der Waals surface area contributed by atoms with Crippen LogP contribution < -0.4 is 5.32 Å². The normalized spacial score (nSPS) is 14.3. The SMILES string of the molecule is Cc1cc(CNC2CC2)cnc1-n1ccnc1C#N. The lowest BCUT2D eigenvalue weighted by Gasteiger charge is -2.09. The van der Waals surface area contributed by atoms with E-state index in [-0.39, 0.29) is 0 Å². The molecule has 0 atom stereocenters. The van der Waals surface area contributed by atoms with Gasteiger partial charge in [-0.15, -0.1) is 0 Å². The molecular weight excluding hydrogens is 238 g/mol. The van der Waals surface area contributed by atoms with Crippen molar-refractivity contribution in [2.75, 3.05) is 0 Å². The Bertz CT molecular complexity index is 634. The number of nitriles is 1. The van der Waals surface area contributed by atoms with Crippen LogP contribution in [0.15, 0.2) is 24.7 Å². The molecule has 0 amide bonds. The summed E-state index contributed by atoms with van der Waals surface area (Å²) in [5.74, 6) is 1.13. The zero-order chi connectivity index (χ0) is 13.2. The second-order valence-electron chi connectivity index (χ2n) is 4.87. The van der Waals surface area contributed by atoms with Gasteiger partial charge in [0.25, 0.3) is 0 Å². The van der Waals surface area contributed by atoms with Gasteiger partial charge in [-0.3, -0.25) is 4.57 Å². The van der Waals surface area contributed by atoms with Crippen molar-refractivity contribution in [3.8, 4) is 11.9 Å². The first-order valence-electron chi connectivity index (χ1n) is 6.40. The van der Waals surface area contributed by atoms with Crippen LogP contribution in [-0.2, 0) is 6.54 Å². The van der Waals surface area contributed by atoms with Crippen molar-refractivity contribution in [2.45, 2.75) is 32.4 Å². The quantitative estimate of drug-likeness (QED) is 0.900. The van der Waals surface area contributed by atoms with Crippen LogP contribution in [0.4, 0.5) is 0 Å². The van der Waals surface area contributed by atoms with Crippen LogP contribution in [-0.4, -0.2) is 20.6 Å². The van der Waals surface area contributed by atoms with Crippen LogP contribution in [0, 0.1) is 18.3 Å². The van der Waals surface area contributed by atoms with Gasteiger partial charge in [-0.2, -0.15) is 5.26 Å². The molecule has 0 aliphatic heterocycles.